The van der Waals surface area contributed by atoms with Crippen LogP contribution in [0.3, 0.4) is 0 Å². The number of aromatic nitrogens is 2. The summed E-state index contributed by atoms with van der Waals surface area (Å²) in [5.74, 6) is 1.07. The molecule has 2 rings (SSSR count). The lowest BCUT2D eigenvalue weighted by Crippen LogP contribution is -2.45. The maximum Gasteiger partial charge on any atom is 0.226 e. The number of nitrogens with one attached hydrogen (secondary N) is 1. The van der Waals surface area contributed by atoms with Crippen molar-refractivity contribution in [3.8, 4) is 0 Å². The molecule has 1 aromatic heterocycles. The van der Waals surface area contributed by atoms with Gasteiger partial charge in [0.1, 0.15) is 5.54 Å². The second-order valence-corrected chi connectivity index (χ2v) is 6.22. The van der Waals surface area contributed by atoms with Crippen LogP contribution in [-0.4, -0.2) is 27.3 Å². The van der Waals surface area contributed by atoms with Gasteiger partial charge in [-0.15, -0.1) is 0 Å². The smallest absolute Gasteiger partial charge is 0.226 e. The molecule has 0 aliphatic heterocycles. The minimum Gasteiger partial charge on any atom is -0.392 e. The van der Waals surface area contributed by atoms with Gasteiger partial charge in [0.25, 0.3) is 0 Å². The molecule has 118 valence electrons. The summed E-state index contributed by atoms with van der Waals surface area (Å²) in [5.41, 5.74) is -0.523. The molecule has 21 heavy (non-hydrogen) atoms. The van der Waals surface area contributed by atoms with Crippen LogP contribution >= 0.6 is 0 Å². The van der Waals surface area contributed by atoms with Crippen molar-refractivity contribution in [2.45, 2.75) is 70.9 Å². The normalized spacial score (nSPS) is 18.9. The second-order valence-electron chi connectivity index (χ2n) is 6.22. The van der Waals surface area contributed by atoms with Gasteiger partial charge in [0.05, 0.1) is 12.5 Å². The van der Waals surface area contributed by atoms with E-state index in [1.165, 1.54) is 0 Å². The minimum absolute atomic E-state index is 0.0622. The molecular formula is C15H25N3O3. The molecule has 1 aliphatic rings. The third kappa shape index (κ3) is 3.61. The van der Waals surface area contributed by atoms with Gasteiger partial charge in [0, 0.05) is 6.42 Å². The number of hydrogen-bond acceptors (Lipinski definition) is 5. The van der Waals surface area contributed by atoms with Crippen molar-refractivity contribution in [1.29, 1.82) is 0 Å². The predicted octanol–water partition coefficient (Wildman–Crippen LogP) is 1.92. The molecular weight excluding hydrogens is 270 g/mol. The Morgan fingerprint density at radius 1 is 1.43 bits per heavy atom. The van der Waals surface area contributed by atoms with Crippen molar-refractivity contribution in [1.82, 2.24) is 15.5 Å². The summed E-state index contributed by atoms with van der Waals surface area (Å²) in [7, 11) is 0. The van der Waals surface area contributed by atoms with Gasteiger partial charge in [-0.2, -0.15) is 4.98 Å². The first-order valence-corrected chi connectivity index (χ1v) is 7.79. The standard InChI is InChI=1S/C15H25N3O3/c1-4-13-16-14(18-21-13)15(7-5-6-8-15)17-12(20)9-11(19)10(2)3/h10-11,19H,4-9H2,1-3H3,(H,17,20). The van der Waals surface area contributed by atoms with Gasteiger partial charge in [-0.25, -0.2) is 0 Å². The van der Waals surface area contributed by atoms with Crippen molar-refractivity contribution >= 4 is 5.91 Å². The monoisotopic (exact) mass is 295 g/mol. The topological polar surface area (TPSA) is 88.2 Å². The molecule has 1 atom stereocenters. The number of nitrogens with zero attached hydrogens (tertiary/aromatic N) is 2. The highest BCUT2D eigenvalue weighted by Gasteiger charge is 2.41. The Labute approximate surface area is 125 Å². The number of aliphatic hydroxyl groups excluding tert-OH is 1. The molecule has 1 saturated carbocycles. The van der Waals surface area contributed by atoms with Crippen LogP contribution < -0.4 is 5.32 Å². The van der Waals surface area contributed by atoms with Crippen molar-refractivity contribution < 1.29 is 14.4 Å². The van der Waals surface area contributed by atoms with Gasteiger partial charge < -0.3 is 14.9 Å². The molecule has 0 aromatic carbocycles. The SMILES string of the molecule is CCc1nc(C2(NC(=O)CC(O)C(C)C)CCCC2)no1. The first-order chi connectivity index (χ1) is 9.97. The molecule has 1 amide bonds. The first-order valence-electron chi connectivity index (χ1n) is 7.79. The summed E-state index contributed by atoms with van der Waals surface area (Å²) in [6, 6.07) is 0. The van der Waals surface area contributed by atoms with Crippen LogP contribution in [0.25, 0.3) is 0 Å². The van der Waals surface area contributed by atoms with E-state index in [4.69, 9.17) is 4.52 Å². The Morgan fingerprint density at radius 2 is 2.10 bits per heavy atom. The minimum atomic E-state index is -0.625. The van der Waals surface area contributed by atoms with Gasteiger partial charge in [-0.05, 0) is 18.8 Å². The molecule has 6 heteroatoms. The maximum absolute atomic E-state index is 12.2. The highest BCUT2D eigenvalue weighted by Crippen LogP contribution is 2.37. The lowest BCUT2D eigenvalue weighted by Gasteiger charge is -2.27. The van der Waals surface area contributed by atoms with Crippen molar-refractivity contribution in [2.75, 3.05) is 0 Å². The number of rotatable bonds is 6. The summed E-state index contributed by atoms with van der Waals surface area (Å²) in [4.78, 5) is 16.6. The molecule has 6 nitrogen and oxygen atoms in total. The van der Waals surface area contributed by atoms with E-state index in [1.807, 2.05) is 20.8 Å². The Hall–Kier alpha value is -1.43. The zero-order valence-corrected chi connectivity index (χ0v) is 13.1. The Kier molecular flexibility index (Phi) is 4.98. The lowest BCUT2D eigenvalue weighted by molar-refractivity contribution is -0.125. The zero-order chi connectivity index (χ0) is 15.5. The van der Waals surface area contributed by atoms with Crippen LogP contribution in [-0.2, 0) is 16.8 Å². The molecule has 1 unspecified atom stereocenters. The molecule has 2 N–H and O–H groups in total. The van der Waals surface area contributed by atoms with E-state index >= 15 is 0 Å². The number of carbonyl (C=O) groups is 1. The maximum atomic E-state index is 12.2. The van der Waals surface area contributed by atoms with Crippen molar-refractivity contribution in [3.05, 3.63) is 11.7 Å². The first kappa shape index (κ1) is 15.9. The molecule has 0 bridgehead atoms. The average molecular weight is 295 g/mol. The van der Waals surface area contributed by atoms with Gasteiger partial charge in [0.15, 0.2) is 5.82 Å². The largest absolute Gasteiger partial charge is 0.392 e. The summed E-state index contributed by atoms with van der Waals surface area (Å²) in [5, 5.41) is 16.9. The fourth-order valence-electron chi connectivity index (χ4n) is 2.72. The lowest BCUT2D eigenvalue weighted by atomic mass is 9.95. The quantitative estimate of drug-likeness (QED) is 0.837. The van der Waals surface area contributed by atoms with E-state index < -0.39 is 11.6 Å². The van der Waals surface area contributed by atoms with Gasteiger partial charge in [-0.3, -0.25) is 4.79 Å². The Balaban J connectivity index is 2.10. The Bertz CT molecular complexity index is 478. The summed E-state index contributed by atoms with van der Waals surface area (Å²) in [6.07, 6.45) is 3.87. The van der Waals surface area contributed by atoms with Crippen LogP contribution in [0.1, 0.15) is 64.6 Å². The number of carbonyl (C=O) groups excluding carboxylic acids is 1. The summed E-state index contributed by atoms with van der Waals surface area (Å²) in [6.45, 7) is 5.75. The van der Waals surface area contributed by atoms with Crippen molar-refractivity contribution in [2.24, 2.45) is 5.92 Å². The molecule has 1 fully saturated rings. The Morgan fingerprint density at radius 3 is 2.62 bits per heavy atom. The van der Waals surface area contributed by atoms with Gasteiger partial charge in [-0.1, -0.05) is 38.8 Å². The third-order valence-electron chi connectivity index (χ3n) is 4.20. The van der Waals surface area contributed by atoms with Crippen LogP contribution in [0.5, 0.6) is 0 Å². The van der Waals surface area contributed by atoms with E-state index in [2.05, 4.69) is 15.5 Å². The molecule has 0 saturated heterocycles. The van der Waals surface area contributed by atoms with E-state index in [0.717, 1.165) is 25.7 Å². The van der Waals surface area contributed by atoms with E-state index in [-0.39, 0.29) is 18.2 Å². The zero-order valence-electron chi connectivity index (χ0n) is 13.1. The predicted molar refractivity (Wildman–Crippen MR) is 77.4 cm³/mol. The molecule has 0 radical (unpaired) electrons. The fraction of sp³-hybridized carbons (Fsp3) is 0.800. The van der Waals surface area contributed by atoms with Gasteiger partial charge >= 0.3 is 0 Å². The number of aliphatic hydroxyl groups is 1. The number of hydrogen-bond donors (Lipinski definition) is 2. The van der Waals surface area contributed by atoms with Crippen LogP contribution in [0.4, 0.5) is 0 Å². The summed E-state index contributed by atoms with van der Waals surface area (Å²) < 4.78 is 5.19. The second kappa shape index (κ2) is 6.56. The third-order valence-corrected chi connectivity index (χ3v) is 4.20. The van der Waals surface area contributed by atoms with E-state index in [0.29, 0.717) is 18.1 Å². The fourth-order valence-corrected chi connectivity index (χ4v) is 2.72. The van der Waals surface area contributed by atoms with E-state index in [1.54, 1.807) is 0 Å². The van der Waals surface area contributed by atoms with E-state index in [9.17, 15) is 9.90 Å². The van der Waals surface area contributed by atoms with Crippen molar-refractivity contribution in [3.63, 3.8) is 0 Å². The molecule has 0 spiro atoms. The van der Waals surface area contributed by atoms with Crippen LogP contribution in [0, 0.1) is 5.92 Å². The van der Waals surface area contributed by atoms with Crippen LogP contribution in [0.15, 0.2) is 4.52 Å². The van der Waals surface area contributed by atoms with Gasteiger partial charge in [0.2, 0.25) is 11.8 Å². The number of amides is 1. The summed E-state index contributed by atoms with van der Waals surface area (Å²) >= 11 is 0. The molecule has 1 aliphatic carbocycles. The van der Waals surface area contributed by atoms with Crippen LogP contribution in [0.2, 0.25) is 0 Å². The molecule has 1 heterocycles. The highest BCUT2D eigenvalue weighted by molar-refractivity contribution is 5.77. The average Bonchev–Trinajstić information content (AvgIpc) is 3.07. The number of aryl methyl sites for hydroxylation is 1. The molecule has 1 aromatic rings. The highest BCUT2D eigenvalue weighted by atomic mass is 16.5.